The van der Waals surface area contributed by atoms with Gasteiger partial charge in [-0.25, -0.2) is 4.68 Å². The Morgan fingerprint density at radius 1 is 1.03 bits per heavy atom. The Hall–Kier alpha value is -3.66. The number of amides is 1. The van der Waals surface area contributed by atoms with Gasteiger partial charge in [-0.2, -0.15) is 18.3 Å². The lowest BCUT2D eigenvalue weighted by molar-refractivity contribution is -0.137. The van der Waals surface area contributed by atoms with Crippen LogP contribution in [0.3, 0.4) is 0 Å². The maximum Gasteiger partial charge on any atom is 0.418 e. The second-order valence-electron chi connectivity index (χ2n) is 8.35. The van der Waals surface area contributed by atoms with Crippen LogP contribution >= 0.6 is 0 Å². The van der Waals surface area contributed by atoms with Crippen LogP contribution in [0.4, 0.5) is 24.5 Å². The fraction of sp³-hybridized carbons (Fsp3) is 0.320. The standard InChI is InChI=1S/C25H26F3N5O2/c1-3-31-12-14-32(15-13-31)19-10-8-18(9-11-19)29-24(35)23-22(34)16-17(2)33(30-23)21-7-5-4-6-20(21)25(26,27)28/h4-11,16H,3,12-15H2,1-2H3,(H,29,35). The zero-order valence-electron chi connectivity index (χ0n) is 19.5. The molecule has 0 aliphatic carbocycles. The Morgan fingerprint density at radius 2 is 1.69 bits per heavy atom. The molecule has 2 heterocycles. The first kappa shape index (κ1) is 24.5. The summed E-state index contributed by atoms with van der Waals surface area (Å²) in [5, 5.41) is 6.62. The zero-order chi connectivity index (χ0) is 25.2. The van der Waals surface area contributed by atoms with E-state index in [4.69, 9.17) is 0 Å². The van der Waals surface area contributed by atoms with Crippen LogP contribution in [-0.4, -0.2) is 53.3 Å². The molecule has 0 spiro atoms. The van der Waals surface area contributed by atoms with Crippen molar-refractivity contribution in [2.24, 2.45) is 0 Å². The summed E-state index contributed by atoms with van der Waals surface area (Å²) in [7, 11) is 0. The number of nitrogens with one attached hydrogen (secondary N) is 1. The Labute approximate surface area is 200 Å². The number of likely N-dealkylation sites (N-methyl/N-ethyl adjacent to an activating group) is 1. The summed E-state index contributed by atoms with van der Waals surface area (Å²) >= 11 is 0. The van der Waals surface area contributed by atoms with E-state index in [1.165, 1.54) is 25.1 Å². The average molecular weight is 486 g/mol. The van der Waals surface area contributed by atoms with Gasteiger partial charge in [-0.1, -0.05) is 19.1 Å². The summed E-state index contributed by atoms with van der Waals surface area (Å²) in [5.41, 5.74) is -0.692. The van der Waals surface area contributed by atoms with Crippen LogP contribution in [0, 0.1) is 6.92 Å². The Morgan fingerprint density at radius 3 is 2.31 bits per heavy atom. The highest BCUT2D eigenvalue weighted by Crippen LogP contribution is 2.33. The van der Waals surface area contributed by atoms with E-state index in [1.54, 1.807) is 12.1 Å². The number of piperazine rings is 1. The summed E-state index contributed by atoms with van der Waals surface area (Å²) in [6.45, 7) is 8.41. The predicted molar refractivity (Wildman–Crippen MR) is 128 cm³/mol. The van der Waals surface area contributed by atoms with Gasteiger partial charge >= 0.3 is 6.18 Å². The monoisotopic (exact) mass is 485 g/mol. The topological polar surface area (TPSA) is 70.5 Å². The Balaban J connectivity index is 1.56. The van der Waals surface area contributed by atoms with Gasteiger partial charge in [-0.15, -0.1) is 0 Å². The van der Waals surface area contributed by atoms with Gasteiger partial charge < -0.3 is 15.1 Å². The molecule has 1 aromatic heterocycles. The first-order valence-corrected chi connectivity index (χ1v) is 11.3. The SMILES string of the molecule is CCN1CCN(c2ccc(NC(=O)c3nn(-c4ccccc4C(F)(F)F)c(C)cc3=O)cc2)CC1. The second-order valence-corrected chi connectivity index (χ2v) is 8.35. The molecule has 2 aromatic carbocycles. The predicted octanol–water partition coefficient (Wildman–Crippen LogP) is 3.95. The van der Waals surface area contributed by atoms with Crippen molar-refractivity contribution in [3.63, 3.8) is 0 Å². The first-order valence-electron chi connectivity index (χ1n) is 11.3. The molecule has 0 atom stereocenters. The van der Waals surface area contributed by atoms with Gasteiger partial charge in [0.05, 0.1) is 11.3 Å². The number of aryl methyl sites for hydroxylation is 1. The molecule has 0 radical (unpaired) electrons. The van der Waals surface area contributed by atoms with Gasteiger partial charge in [0.15, 0.2) is 5.69 Å². The van der Waals surface area contributed by atoms with E-state index in [0.29, 0.717) is 5.69 Å². The van der Waals surface area contributed by atoms with Gasteiger partial charge in [0.2, 0.25) is 5.43 Å². The van der Waals surface area contributed by atoms with Gasteiger partial charge in [0, 0.05) is 49.3 Å². The third-order valence-corrected chi connectivity index (χ3v) is 6.07. The number of para-hydroxylation sites is 1. The number of halogens is 3. The fourth-order valence-electron chi connectivity index (χ4n) is 4.11. The van der Waals surface area contributed by atoms with E-state index in [-0.39, 0.29) is 11.4 Å². The molecule has 1 saturated heterocycles. The van der Waals surface area contributed by atoms with Crippen molar-refractivity contribution in [1.82, 2.24) is 14.7 Å². The lowest BCUT2D eigenvalue weighted by atomic mass is 10.1. The normalized spacial score (nSPS) is 14.7. The van der Waals surface area contributed by atoms with E-state index in [2.05, 4.69) is 27.1 Å². The van der Waals surface area contributed by atoms with Crippen molar-refractivity contribution in [3.8, 4) is 5.69 Å². The highest BCUT2D eigenvalue weighted by Gasteiger charge is 2.34. The van der Waals surface area contributed by atoms with Crippen LogP contribution < -0.4 is 15.6 Å². The van der Waals surface area contributed by atoms with Crippen LogP contribution in [-0.2, 0) is 6.18 Å². The molecule has 4 rings (SSSR count). The lowest BCUT2D eigenvalue weighted by Crippen LogP contribution is -2.46. The molecule has 35 heavy (non-hydrogen) atoms. The van der Waals surface area contributed by atoms with E-state index in [9.17, 15) is 22.8 Å². The molecular weight excluding hydrogens is 459 g/mol. The number of aromatic nitrogens is 2. The summed E-state index contributed by atoms with van der Waals surface area (Å²) < 4.78 is 41.5. The zero-order valence-corrected chi connectivity index (χ0v) is 19.5. The van der Waals surface area contributed by atoms with Gasteiger partial charge in [-0.3, -0.25) is 9.59 Å². The number of anilines is 2. The number of carbonyl (C=O) groups is 1. The van der Waals surface area contributed by atoms with Crippen molar-refractivity contribution in [2.45, 2.75) is 20.0 Å². The number of hydrogen-bond acceptors (Lipinski definition) is 5. The van der Waals surface area contributed by atoms with Crippen molar-refractivity contribution in [2.75, 3.05) is 42.9 Å². The molecule has 1 aliphatic heterocycles. The number of benzene rings is 2. The molecule has 1 N–H and O–H groups in total. The average Bonchev–Trinajstić information content (AvgIpc) is 2.84. The maximum atomic E-state index is 13.5. The number of alkyl halides is 3. The van der Waals surface area contributed by atoms with Gasteiger partial charge in [0.25, 0.3) is 5.91 Å². The minimum absolute atomic E-state index is 0.177. The number of rotatable bonds is 5. The molecule has 1 fully saturated rings. The molecule has 3 aromatic rings. The lowest BCUT2D eigenvalue weighted by Gasteiger charge is -2.35. The summed E-state index contributed by atoms with van der Waals surface area (Å²) in [5.74, 6) is -0.794. The third kappa shape index (κ3) is 5.37. The molecule has 0 unspecified atom stereocenters. The number of carbonyl (C=O) groups excluding carboxylic acids is 1. The summed E-state index contributed by atoms with van der Waals surface area (Å²) in [4.78, 5) is 30.0. The first-order chi connectivity index (χ1) is 16.7. The van der Waals surface area contributed by atoms with E-state index < -0.39 is 28.8 Å². The van der Waals surface area contributed by atoms with Gasteiger partial charge in [0.1, 0.15) is 0 Å². The molecule has 10 heteroatoms. The van der Waals surface area contributed by atoms with Crippen LogP contribution in [0.2, 0.25) is 0 Å². The highest BCUT2D eigenvalue weighted by atomic mass is 19.4. The van der Waals surface area contributed by atoms with Crippen LogP contribution in [0.15, 0.2) is 59.4 Å². The van der Waals surface area contributed by atoms with Crippen LogP contribution in [0.5, 0.6) is 0 Å². The van der Waals surface area contributed by atoms with Crippen LogP contribution in [0.25, 0.3) is 5.69 Å². The van der Waals surface area contributed by atoms with Crippen molar-refractivity contribution >= 4 is 17.3 Å². The minimum atomic E-state index is -4.62. The number of nitrogens with zero attached hydrogens (tertiary/aromatic N) is 4. The van der Waals surface area contributed by atoms with E-state index >= 15 is 0 Å². The molecule has 7 nitrogen and oxygen atoms in total. The van der Waals surface area contributed by atoms with E-state index in [0.717, 1.165) is 55.2 Å². The minimum Gasteiger partial charge on any atom is -0.369 e. The van der Waals surface area contributed by atoms with Crippen molar-refractivity contribution in [3.05, 3.63) is 81.8 Å². The molecule has 1 aliphatic rings. The molecule has 0 saturated carbocycles. The molecule has 184 valence electrons. The third-order valence-electron chi connectivity index (χ3n) is 6.07. The van der Waals surface area contributed by atoms with Crippen molar-refractivity contribution in [1.29, 1.82) is 0 Å². The Kier molecular flexibility index (Phi) is 6.93. The molecular formula is C25H26F3N5O2. The number of hydrogen-bond donors (Lipinski definition) is 1. The summed E-state index contributed by atoms with van der Waals surface area (Å²) in [6, 6.07) is 13.2. The van der Waals surface area contributed by atoms with Crippen molar-refractivity contribution < 1.29 is 18.0 Å². The second kappa shape index (κ2) is 9.91. The molecule has 0 bridgehead atoms. The highest BCUT2D eigenvalue weighted by molar-refractivity contribution is 6.02. The fourth-order valence-corrected chi connectivity index (χ4v) is 4.11. The van der Waals surface area contributed by atoms with Gasteiger partial charge in [-0.05, 0) is 49.9 Å². The Bertz CT molecular complexity index is 1260. The smallest absolute Gasteiger partial charge is 0.369 e. The molecule has 1 amide bonds. The largest absolute Gasteiger partial charge is 0.418 e. The summed E-state index contributed by atoms with van der Waals surface area (Å²) in [6.07, 6.45) is -4.62. The maximum absolute atomic E-state index is 13.5. The van der Waals surface area contributed by atoms with Crippen LogP contribution in [0.1, 0.15) is 28.7 Å². The quantitative estimate of drug-likeness (QED) is 0.593. The van der Waals surface area contributed by atoms with E-state index in [1.807, 2.05) is 12.1 Å².